The molecule has 0 aliphatic heterocycles. The van der Waals surface area contributed by atoms with Gasteiger partial charge in [0.1, 0.15) is 4.88 Å². The van der Waals surface area contributed by atoms with E-state index in [4.69, 9.17) is 5.11 Å². The lowest BCUT2D eigenvalue weighted by atomic mass is 10.0. The van der Waals surface area contributed by atoms with Crippen LogP contribution in [0.4, 0.5) is 26.3 Å². The summed E-state index contributed by atoms with van der Waals surface area (Å²) in [7, 11) is 0. The van der Waals surface area contributed by atoms with Gasteiger partial charge in [0.05, 0.1) is 21.8 Å². The minimum atomic E-state index is -4.96. The van der Waals surface area contributed by atoms with Crippen molar-refractivity contribution in [3.8, 4) is 0 Å². The SMILES string of the molecule is CCc1nc(Cc2cc(C(F)(F)F)cc(C(F)(F)F)c2)c(C(=O)O)s1. The predicted molar refractivity (Wildman–Crippen MR) is 77.7 cm³/mol. The Morgan fingerprint density at radius 1 is 1.08 bits per heavy atom. The maximum Gasteiger partial charge on any atom is 0.416 e. The summed E-state index contributed by atoms with van der Waals surface area (Å²) in [4.78, 5) is 15.0. The molecule has 1 N–H and O–H groups in total. The van der Waals surface area contributed by atoms with E-state index in [0.717, 1.165) is 11.3 Å². The number of aromatic carboxylic acids is 1. The Kier molecular flexibility index (Phi) is 5.12. The van der Waals surface area contributed by atoms with Crippen LogP contribution in [-0.2, 0) is 25.2 Å². The van der Waals surface area contributed by atoms with E-state index in [0.29, 0.717) is 23.6 Å². The molecule has 2 aromatic rings. The molecule has 1 aromatic heterocycles. The lowest BCUT2D eigenvalue weighted by Crippen LogP contribution is -2.12. The normalized spacial score (nSPS) is 12.4. The number of nitrogens with zero attached hydrogens (tertiary/aromatic N) is 1. The summed E-state index contributed by atoms with van der Waals surface area (Å²) in [5.41, 5.74) is -3.25. The topological polar surface area (TPSA) is 50.2 Å². The van der Waals surface area contributed by atoms with Gasteiger partial charge in [0, 0.05) is 6.42 Å². The average molecular weight is 383 g/mol. The highest BCUT2D eigenvalue weighted by Gasteiger charge is 2.37. The molecule has 0 bridgehead atoms. The molecule has 3 nitrogen and oxygen atoms in total. The Hall–Kier alpha value is -2.10. The molecule has 1 aromatic carbocycles. The highest BCUT2D eigenvalue weighted by Crippen LogP contribution is 2.37. The molecule has 25 heavy (non-hydrogen) atoms. The molecule has 0 aliphatic carbocycles. The molecule has 0 radical (unpaired) electrons. The van der Waals surface area contributed by atoms with E-state index in [1.54, 1.807) is 6.92 Å². The summed E-state index contributed by atoms with van der Waals surface area (Å²) < 4.78 is 77.2. The second kappa shape index (κ2) is 6.66. The predicted octanol–water partition coefficient (Wildman–Crippen LogP) is 5.03. The van der Waals surface area contributed by atoms with Gasteiger partial charge in [-0.15, -0.1) is 11.3 Å². The third kappa shape index (κ3) is 4.50. The summed E-state index contributed by atoms with van der Waals surface area (Å²) in [5, 5.41) is 9.57. The molecular weight excluding hydrogens is 372 g/mol. The van der Waals surface area contributed by atoms with Crippen LogP contribution in [0.5, 0.6) is 0 Å². The number of alkyl halides is 6. The lowest BCUT2D eigenvalue weighted by Gasteiger charge is -2.14. The zero-order valence-electron chi connectivity index (χ0n) is 12.6. The zero-order valence-corrected chi connectivity index (χ0v) is 13.4. The summed E-state index contributed by atoms with van der Waals surface area (Å²) in [6.45, 7) is 1.71. The van der Waals surface area contributed by atoms with Gasteiger partial charge in [-0.2, -0.15) is 26.3 Å². The molecule has 136 valence electrons. The molecule has 1 heterocycles. The molecule has 2 rings (SSSR count). The summed E-state index contributed by atoms with van der Waals surface area (Å²) in [6, 6.07) is 1.18. The van der Waals surface area contributed by atoms with Crippen LogP contribution in [0.2, 0.25) is 0 Å². The number of aryl methyl sites for hydroxylation is 1. The van der Waals surface area contributed by atoms with E-state index in [1.165, 1.54) is 0 Å². The van der Waals surface area contributed by atoms with Crippen LogP contribution < -0.4 is 0 Å². The Balaban J connectivity index is 2.53. The molecule has 0 saturated carbocycles. The molecule has 0 unspecified atom stereocenters. The van der Waals surface area contributed by atoms with Crippen molar-refractivity contribution in [2.45, 2.75) is 32.1 Å². The smallest absolute Gasteiger partial charge is 0.416 e. The van der Waals surface area contributed by atoms with Crippen molar-refractivity contribution in [3.63, 3.8) is 0 Å². The standard InChI is InChI=1S/C15H11F6NO2S/c1-2-11-22-10(12(25-11)13(23)24)5-7-3-8(14(16,17)18)6-9(4-7)15(19,20)21/h3-4,6H,2,5H2,1H3,(H,23,24). The van der Waals surface area contributed by atoms with Gasteiger partial charge in [0.15, 0.2) is 0 Å². The number of hydrogen-bond donors (Lipinski definition) is 1. The fraction of sp³-hybridized carbons (Fsp3) is 0.333. The Bertz CT molecular complexity index is 762. The van der Waals surface area contributed by atoms with Crippen molar-refractivity contribution < 1.29 is 36.2 Å². The van der Waals surface area contributed by atoms with Crippen LogP contribution in [0, 0.1) is 0 Å². The first-order valence-corrected chi connectivity index (χ1v) is 7.73. The van der Waals surface area contributed by atoms with Crippen molar-refractivity contribution in [3.05, 3.63) is 50.5 Å². The van der Waals surface area contributed by atoms with Gasteiger partial charge in [-0.25, -0.2) is 9.78 Å². The summed E-state index contributed by atoms with van der Waals surface area (Å²) >= 11 is 0.851. The van der Waals surface area contributed by atoms with Crippen molar-refractivity contribution in [2.24, 2.45) is 0 Å². The largest absolute Gasteiger partial charge is 0.477 e. The van der Waals surface area contributed by atoms with E-state index < -0.39 is 35.9 Å². The minimum absolute atomic E-state index is 0.0279. The molecular formula is C15H11F6NO2S. The maximum absolute atomic E-state index is 12.9. The van der Waals surface area contributed by atoms with Gasteiger partial charge in [-0.3, -0.25) is 0 Å². The molecule has 0 aliphatic rings. The van der Waals surface area contributed by atoms with Crippen molar-refractivity contribution in [2.75, 3.05) is 0 Å². The third-order valence-corrected chi connectivity index (χ3v) is 4.49. The number of aromatic nitrogens is 1. The monoisotopic (exact) mass is 383 g/mol. The van der Waals surface area contributed by atoms with Gasteiger partial charge in [-0.1, -0.05) is 6.92 Å². The molecule has 0 amide bonds. The van der Waals surface area contributed by atoms with Gasteiger partial charge < -0.3 is 5.11 Å². The van der Waals surface area contributed by atoms with Crippen LogP contribution >= 0.6 is 11.3 Å². The Labute approximate surface area is 141 Å². The van der Waals surface area contributed by atoms with Crippen molar-refractivity contribution in [1.82, 2.24) is 4.98 Å². The number of rotatable bonds is 4. The fourth-order valence-electron chi connectivity index (χ4n) is 2.15. The van der Waals surface area contributed by atoms with Gasteiger partial charge in [-0.05, 0) is 30.2 Å². The van der Waals surface area contributed by atoms with E-state index >= 15 is 0 Å². The average Bonchev–Trinajstić information content (AvgIpc) is 2.88. The number of thiazole rings is 1. The van der Waals surface area contributed by atoms with Crippen LogP contribution in [0.3, 0.4) is 0 Å². The van der Waals surface area contributed by atoms with Gasteiger partial charge >= 0.3 is 18.3 Å². The number of carboxylic acids is 1. The van der Waals surface area contributed by atoms with Crippen LogP contribution in [-0.4, -0.2) is 16.1 Å². The number of carboxylic acid groups (broad SMARTS) is 1. The van der Waals surface area contributed by atoms with Crippen LogP contribution in [0.1, 0.15) is 44.0 Å². The number of hydrogen-bond acceptors (Lipinski definition) is 3. The lowest BCUT2D eigenvalue weighted by molar-refractivity contribution is -0.143. The second-order valence-corrected chi connectivity index (χ2v) is 6.22. The summed E-state index contributed by atoms with van der Waals surface area (Å²) in [6.07, 6.45) is -9.95. The second-order valence-electron chi connectivity index (χ2n) is 5.13. The Morgan fingerprint density at radius 3 is 2.00 bits per heavy atom. The number of halogens is 6. The van der Waals surface area contributed by atoms with E-state index in [9.17, 15) is 31.1 Å². The van der Waals surface area contributed by atoms with Crippen molar-refractivity contribution in [1.29, 1.82) is 0 Å². The van der Waals surface area contributed by atoms with Gasteiger partial charge in [0.2, 0.25) is 0 Å². The first-order chi connectivity index (χ1) is 11.4. The molecule has 0 spiro atoms. The number of benzene rings is 1. The third-order valence-electron chi connectivity index (χ3n) is 3.26. The van der Waals surface area contributed by atoms with E-state index in [2.05, 4.69) is 4.98 Å². The molecule has 0 fully saturated rings. The van der Waals surface area contributed by atoms with E-state index in [1.807, 2.05) is 0 Å². The first kappa shape index (κ1) is 19.2. The zero-order chi connectivity index (χ0) is 19.0. The maximum atomic E-state index is 12.9. The minimum Gasteiger partial charge on any atom is -0.477 e. The Morgan fingerprint density at radius 2 is 1.60 bits per heavy atom. The van der Waals surface area contributed by atoms with Gasteiger partial charge in [0.25, 0.3) is 0 Å². The van der Waals surface area contributed by atoms with E-state index in [-0.39, 0.29) is 22.2 Å². The quantitative estimate of drug-likeness (QED) is 0.754. The highest BCUT2D eigenvalue weighted by molar-refractivity contribution is 7.13. The molecule has 10 heteroatoms. The van der Waals surface area contributed by atoms with Crippen LogP contribution in [0.25, 0.3) is 0 Å². The molecule has 0 saturated heterocycles. The number of carbonyl (C=O) groups is 1. The van der Waals surface area contributed by atoms with Crippen molar-refractivity contribution >= 4 is 17.3 Å². The van der Waals surface area contributed by atoms with Crippen LogP contribution in [0.15, 0.2) is 18.2 Å². The summed E-state index contributed by atoms with van der Waals surface area (Å²) in [5.74, 6) is -1.32. The highest BCUT2D eigenvalue weighted by atomic mass is 32.1. The first-order valence-electron chi connectivity index (χ1n) is 6.92. The molecule has 0 atom stereocenters. The fourth-order valence-corrected chi connectivity index (χ4v) is 3.01.